The first-order valence-corrected chi connectivity index (χ1v) is 7.67. The summed E-state index contributed by atoms with van der Waals surface area (Å²) in [5.74, 6) is 5.81. The lowest BCUT2D eigenvalue weighted by Crippen LogP contribution is -2.28. The molecule has 2 aromatic carbocycles. The van der Waals surface area contributed by atoms with Crippen LogP contribution < -0.4 is 11.3 Å². The van der Waals surface area contributed by atoms with Gasteiger partial charge in [0.15, 0.2) is 0 Å². The van der Waals surface area contributed by atoms with Gasteiger partial charge in [-0.3, -0.25) is 5.84 Å². The molecule has 0 bridgehead atoms. The molecule has 1 atom stereocenters. The summed E-state index contributed by atoms with van der Waals surface area (Å²) in [6.07, 6.45) is 1.04. The van der Waals surface area contributed by atoms with Crippen molar-refractivity contribution in [1.82, 2.24) is 5.43 Å². The smallest absolute Gasteiger partial charge is 0.0803 e. The summed E-state index contributed by atoms with van der Waals surface area (Å²) in [4.78, 5) is 1.25. The maximum absolute atomic E-state index is 5.81. The zero-order chi connectivity index (χ0) is 13.9. The number of fused-ring (bicyclic) bond motifs is 1. The van der Waals surface area contributed by atoms with Crippen LogP contribution in [0.15, 0.2) is 54.6 Å². The molecule has 0 saturated heterocycles. The van der Waals surface area contributed by atoms with Crippen molar-refractivity contribution in [3.63, 3.8) is 0 Å². The molecule has 3 N–H and O–H groups in total. The maximum atomic E-state index is 5.81. The highest BCUT2D eigenvalue weighted by Gasteiger charge is 2.15. The van der Waals surface area contributed by atoms with E-state index in [1.54, 1.807) is 11.3 Å². The third kappa shape index (κ3) is 2.48. The minimum absolute atomic E-state index is 0.0545. The van der Waals surface area contributed by atoms with Crippen LogP contribution in [0.4, 0.5) is 0 Å². The lowest BCUT2D eigenvalue weighted by atomic mass is 10.0. The number of benzene rings is 2. The highest BCUT2D eigenvalue weighted by Crippen LogP contribution is 2.32. The largest absolute Gasteiger partial charge is 0.271 e. The molecule has 1 heterocycles. The van der Waals surface area contributed by atoms with E-state index in [9.17, 15) is 0 Å². The van der Waals surface area contributed by atoms with Crippen LogP contribution >= 0.6 is 11.3 Å². The van der Waals surface area contributed by atoms with Gasteiger partial charge in [-0.05, 0) is 35.1 Å². The van der Waals surface area contributed by atoms with E-state index in [-0.39, 0.29) is 6.04 Å². The fourth-order valence-electron chi connectivity index (χ4n) is 2.48. The van der Waals surface area contributed by atoms with E-state index in [0.717, 1.165) is 6.42 Å². The summed E-state index contributed by atoms with van der Waals surface area (Å²) in [7, 11) is 0. The number of hydrogen-bond acceptors (Lipinski definition) is 3. The van der Waals surface area contributed by atoms with Gasteiger partial charge in [-0.15, -0.1) is 11.3 Å². The van der Waals surface area contributed by atoms with Crippen LogP contribution in [-0.4, -0.2) is 0 Å². The summed E-state index contributed by atoms with van der Waals surface area (Å²) >= 11 is 1.80. The number of hydrogen-bond donors (Lipinski definition) is 2. The molecule has 1 unspecified atom stereocenters. The summed E-state index contributed by atoms with van der Waals surface area (Å²) < 4.78 is 1.30. The molecule has 2 nitrogen and oxygen atoms in total. The van der Waals surface area contributed by atoms with E-state index in [2.05, 4.69) is 66.9 Å². The first-order valence-electron chi connectivity index (χ1n) is 6.85. The predicted molar refractivity (Wildman–Crippen MR) is 86.8 cm³/mol. The average Bonchev–Trinajstić information content (AvgIpc) is 2.91. The number of nitrogens with one attached hydrogen (secondary N) is 1. The average molecular weight is 282 g/mol. The Labute approximate surface area is 123 Å². The van der Waals surface area contributed by atoms with E-state index < -0.39 is 0 Å². The van der Waals surface area contributed by atoms with Gasteiger partial charge in [0.2, 0.25) is 0 Å². The molecule has 1 aromatic heterocycles. The Morgan fingerprint density at radius 2 is 1.95 bits per heavy atom. The van der Waals surface area contributed by atoms with Crippen LogP contribution in [0.25, 0.3) is 10.1 Å². The molecule has 3 heteroatoms. The van der Waals surface area contributed by atoms with Crippen LogP contribution in [0.2, 0.25) is 0 Å². The molecule has 0 saturated carbocycles. The Balaban J connectivity index is 2.03. The van der Waals surface area contributed by atoms with E-state index >= 15 is 0 Å². The van der Waals surface area contributed by atoms with Gasteiger partial charge in [-0.2, -0.15) is 0 Å². The number of aryl methyl sites for hydroxylation is 1. The lowest BCUT2D eigenvalue weighted by Gasteiger charge is -2.15. The topological polar surface area (TPSA) is 38.0 Å². The van der Waals surface area contributed by atoms with Crippen molar-refractivity contribution < 1.29 is 0 Å². The fraction of sp³-hybridized carbons (Fsp3) is 0.176. The second kappa shape index (κ2) is 5.75. The fourth-order valence-corrected chi connectivity index (χ4v) is 3.63. The summed E-state index contributed by atoms with van der Waals surface area (Å²) in [6.45, 7) is 2.17. The standard InChI is InChI=1S/C17H18N2S/c1-2-12-6-5-8-14(10-12)17(19-18)16-11-13-7-3-4-9-15(13)20-16/h3-11,17,19H,2,18H2,1H3. The van der Waals surface area contributed by atoms with Gasteiger partial charge in [0.1, 0.15) is 0 Å². The third-order valence-electron chi connectivity index (χ3n) is 3.59. The van der Waals surface area contributed by atoms with E-state index in [0.29, 0.717) is 0 Å². The van der Waals surface area contributed by atoms with Crippen molar-refractivity contribution in [2.45, 2.75) is 19.4 Å². The minimum Gasteiger partial charge on any atom is -0.271 e. The summed E-state index contributed by atoms with van der Waals surface area (Å²) in [6, 6.07) is 19.3. The maximum Gasteiger partial charge on any atom is 0.0803 e. The van der Waals surface area contributed by atoms with Gasteiger partial charge in [-0.25, -0.2) is 5.43 Å². The van der Waals surface area contributed by atoms with E-state index in [4.69, 9.17) is 5.84 Å². The van der Waals surface area contributed by atoms with Gasteiger partial charge in [0.25, 0.3) is 0 Å². The van der Waals surface area contributed by atoms with Crippen molar-refractivity contribution in [3.05, 3.63) is 70.6 Å². The molecule has 0 radical (unpaired) electrons. The lowest BCUT2D eigenvalue weighted by molar-refractivity contribution is 0.646. The first kappa shape index (κ1) is 13.3. The zero-order valence-corrected chi connectivity index (χ0v) is 12.3. The molecule has 0 spiro atoms. The van der Waals surface area contributed by atoms with Crippen molar-refractivity contribution in [2.75, 3.05) is 0 Å². The van der Waals surface area contributed by atoms with Crippen LogP contribution in [0.5, 0.6) is 0 Å². The first-order chi connectivity index (χ1) is 9.81. The van der Waals surface area contributed by atoms with Gasteiger partial charge < -0.3 is 0 Å². The third-order valence-corrected chi connectivity index (χ3v) is 4.77. The molecular weight excluding hydrogens is 264 g/mol. The molecule has 102 valence electrons. The zero-order valence-electron chi connectivity index (χ0n) is 11.5. The minimum atomic E-state index is 0.0545. The van der Waals surface area contributed by atoms with Gasteiger partial charge in [0.05, 0.1) is 6.04 Å². The molecule has 3 aromatic rings. The van der Waals surface area contributed by atoms with Crippen molar-refractivity contribution in [3.8, 4) is 0 Å². The summed E-state index contributed by atoms with van der Waals surface area (Å²) in [5.41, 5.74) is 5.51. The Morgan fingerprint density at radius 1 is 1.10 bits per heavy atom. The Bertz CT molecular complexity index is 685. The molecule has 0 amide bonds. The highest BCUT2D eigenvalue weighted by molar-refractivity contribution is 7.19. The highest BCUT2D eigenvalue weighted by atomic mass is 32.1. The normalized spacial score (nSPS) is 12.7. The van der Waals surface area contributed by atoms with Crippen LogP contribution in [0.3, 0.4) is 0 Å². The van der Waals surface area contributed by atoms with E-state index in [1.165, 1.54) is 26.1 Å². The molecule has 20 heavy (non-hydrogen) atoms. The summed E-state index contributed by atoms with van der Waals surface area (Å²) in [5, 5.41) is 1.28. The van der Waals surface area contributed by atoms with Crippen LogP contribution in [0.1, 0.15) is 29.0 Å². The van der Waals surface area contributed by atoms with Gasteiger partial charge in [-0.1, -0.05) is 49.4 Å². The van der Waals surface area contributed by atoms with Crippen molar-refractivity contribution in [2.24, 2.45) is 5.84 Å². The second-order valence-electron chi connectivity index (χ2n) is 4.88. The second-order valence-corrected chi connectivity index (χ2v) is 6.00. The quantitative estimate of drug-likeness (QED) is 0.560. The molecule has 0 aliphatic heterocycles. The predicted octanol–water partition coefficient (Wildman–Crippen LogP) is 4.02. The van der Waals surface area contributed by atoms with Gasteiger partial charge >= 0.3 is 0 Å². The van der Waals surface area contributed by atoms with Crippen molar-refractivity contribution >= 4 is 21.4 Å². The number of nitrogens with two attached hydrogens (primary N) is 1. The molecule has 0 fully saturated rings. The Hall–Kier alpha value is -1.68. The Morgan fingerprint density at radius 3 is 2.70 bits per heavy atom. The van der Waals surface area contributed by atoms with Crippen LogP contribution in [0, 0.1) is 0 Å². The van der Waals surface area contributed by atoms with Crippen LogP contribution in [-0.2, 0) is 6.42 Å². The number of rotatable bonds is 4. The monoisotopic (exact) mass is 282 g/mol. The van der Waals surface area contributed by atoms with Crippen molar-refractivity contribution in [1.29, 1.82) is 0 Å². The number of thiophene rings is 1. The molecule has 0 aliphatic rings. The molecular formula is C17H18N2S. The van der Waals surface area contributed by atoms with E-state index in [1.807, 2.05) is 0 Å². The SMILES string of the molecule is CCc1cccc(C(NN)c2cc3ccccc3s2)c1. The Kier molecular flexibility index (Phi) is 3.83. The van der Waals surface area contributed by atoms with Gasteiger partial charge in [0, 0.05) is 9.58 Å². The molecule has 3 rings (SSSR count). The number of hydrazine groups is 1. The molecule has 0 aliphatic carbocycles.